The summed E-state index contributed by atoms with van der Waals surface area (Å²) in [6.45, 7) is 0.614. The topological polar surface area (TPSA) is 69.2 Å². The Kier molecular flexibility index (Phi) is 7.67. The molecule has 0 unspecified atom stereocenters. The van der Waals surface area contributed by atoms with E-state index in [0.29, 0.717) is 29.4 Å². The van der Waals surface area contributed by atoms with E-state index in [2.05, 4.69) is 16.4 Å². The summed E-state index contributed by atoms with van der Waals surface area (Å²) in [7, 11) is 1.53. The number of nitrogens with zero attached hydrogens (tertiary/aromatic N) is 1. The highest BCUT2D eigenvalue weighted by Crippen LogP contribution is 2.28. The molecule has 156 valence electrons. The van der Waals surface area contributed by atoms with Crippen molar-refractivity contribution in [2.45, 2.75) is 6.61 Å². The second kappa shape index (κ2) is 11.1. The molecule has 1 amide bonds. The van der Waals surface area contributed by atoms with E-state index in [-0.39, 0.29) is 12.5 Å². The second-order valence-electron chi connectivity index (χ2n) is 6.40. The molecule has 0 fully saturated rings. The van der Waals surface area contributed by atoms with E-state index in [4.69, 9.17) is 20.6 Å². The molecule has 0 radical (unpaired) electrons. The van der Waals surface area contributed by atoms with Gasteiger partial charge in [-0.1, -0.05) is 36.3 Å². The van der Waals surface area contributed by atoms with Gasteiger partial charge in [0.1, 0.15) is 19.0 Å². The fourth-order valence-corrected chi connectivity index (χ4v) is 2.67. The number of carbonyl (C=O) groups is 1. The summed E-state index contributed by atoms with van der Waals surface area (Å²) in [5.41, 5.74) is 4.74. The Bertz CT molecular complexity index is 1070. The van der Waals surface area contributed by atoms with Gasteiger partial charge in [-0.3, -0.25) is 4.79 Å². The molecule has 0 atom stereocenters. The van der Waals surface area contributed by atoms with Gasteiger partial charge in [-0.2, -0.15) is 5.10 Å². The number of methoxy groups -OCH3 is 1. The molecular formula is C25H22N2O4. The zero-order valence-corrected chi connectivity index (χ0v) is 17.1. The molecule has 3 aromatic carbocycles. The van der Waals surface area contributed by atoms with Crippen LogP contribution in [-0.4, -0.2) is 25.8 Å². The van der Waals surface area contributed by atoms with E-state index in [1.54, 1.807) is 30.3 Å². The van der Waals surface area contributed by atoms with Crippen molar-refractivity contribution in [3.05, 3.63) is 89.5 Å². The number of nitrogens with one attached hydrogen (secondary N) is 1. The van der Waals surface area contributed by atoms with Gasteiger partial charge in [0.2, 0.25) is 0 Å². The maximum atomic E-state index is 12.4. The standard InChI is InChI=1S/C25H22N2O4/c1-3-15-30-22-12-9-19(10-13-22)17-26-27-25(28)21-11-14-23(24(16-21)29-2)31-18-20-7-5-4-6-8-20/h1,4-14,16-17H,15,18H2,2H3,(H,27,28)/b26-17+. The van der Waals surface area contributed by atoms with Crippen LogP contribution < -0.4 is 19.6 Å². The van der Waals surface area contributed by atoms with Crippen LogP contribution in [0.4, 0.5) is 0 Å². The average molecular weight is 414 g/mol. The number of benzene rings is 3. The molecule has 0 saturated carbocycles. The van der Waals surface area contributed by atoms with Gasteiger partial charge < -0.3 is 14.2 Å². The van der Waals surface area contributed by atoms with Crippen molar-refractivity contribution in [3.8, 4) is 29.6 Å². The van der Waals surface area contributed by atoms with Crippen LogP contribution in [0.25, 0.3) is 0 Å². The zero-order chi connectivity index (χ0) is 21.9. The van der Waals surface area contributed by atoms with Crippen molar-refractivity contribution in [2.24, 2.45) is 5.10 Å². The first-order valence-corrected chi connectivity index (χ1v) is 9.54. The van der Waals surface area contributed by atoms with Crippen LogP contribution in [0, 0.1) is 12.3 Å². The van der Waals surface area contributed by atoms with Crippen LogP contribution in [-0.2, 0) is 6.61 Å². The molecule has 3 rings (SSSR count). The Labute approximate surface area is 181 Å². The highest BCUT2D eigenvalue weighted by atomic mass is 16.5. The number of hydrogen-bond acceptors (Lipinski definition) is 5. The van der Waals surface area contributed by atoms with Gasteiger partial charge in [0.05, 0.1) is 13.3 Å². The number of hydrogen-bond donors (Lipinski definition) is 1. The molecule has 0 saturated heterocycles. The van der Waals surface area contributed by atoms with E-state index in [1.807, 2.05) is 42.5 Å². The van der Waals surface area contributed by atoms with E-state index < -0.39 is 0 Å². The Morgan fingerprint density at radius 1 is 1.03 bits per heavy atom. The lowest BCUT2D eigenvalue weighted by Crippen LogP contribution is -2.17. The number of carbonyl (C=O) groups excluding carboxylic acids is 1. The largest absolute Gasteiger partial charge is 0.493 e. The fourth-order valence-electron chi connectivity index (χ4n) is 2.67. The highest BCUT2D eigenvalue weighted by Gasteiger charge is 2.11. The lowest BCUT2D eigenvalue weighted by atomic mass is 10.2. The van der Waals surface area contributed by atoms with Crippen LogP contribution in [0.15, 0.2) is 77.9 Å². The second-order valence-corrected chi connectivity index (χ2v) is 6.40. The molecule has 0 aliphatic heterocycles. The Morgan fingerprint density at radius 3 is 2.52 bits per heavy atom. The van der Waals surface area contributed by atoms with Crippen LogP contribution in [0.1, 0.15) is 21.5 Å². The molecular weight excluding hydrogens is 392 g/mol. The predicted molar refractivity (Wildman–Crippen MR) is 120 cm³/mol. The van der Waals surface area contributed by atoms with Crippen molar-refractivity contribution >= 4 is 12.1 Å². The summed E-state index contributed by atoms with van der Waals surface area (Å²) < 4.78 is 16.5. The van der Waals surface area contributed by atoms with Crippen LogP contribution in [0.3, 0.4) is 0 Å². The smallest absolute Gasteiger partial charge is 0.271 e. The minimum atomic E-state index is -0.363. The lowest BCUT2D eigenvalue weighted by molar-refractivity contribution is 0.0954. The van der Waals surface area contributed by atoms with Gasteiger partial charge in [0.25, 0.3) is 5.91 Å². The molecule has 0 aliphatic rings. The van der Waals surface area contributed by atoms with E-state index in [1.165, 1.54) is 13.3 Å². The van der Waals surface area contributed by atoms with E-state index in [9.17, 15) is 4.79 Å². The van der Waals surface area contributed by atoms with E-state index >= 15 is 0 Å². The molecule has 31 heavy (non-hydrogen) atoms. The molecule has 3 aromatic rings. The van der Waals surface area contributed by atoms with Gasteiger partial charge in [-0.05, 0) is 53.6 Å². The summed E-state index contributed by atoms with van der Waals surface area (Å²) in [6.07, 6.45) is 6.70. The van der Waals surface area contributed by atoms with Crippen molar-refractivity contribution in [1.29, 1.82) is 0 Å². The molecule has 0 aliphatic carbocycles. The van der Waals surface area contributed by atoms with Gasteiger partial charge in [-0.15, -0.1) is 6.42 Å². The molecule has 1 N–H and O–H groups in total. The number of terminal acetylenes is 1. The monoisotopic (exact) mass is 414 g/mol. The van der Waals surface area contributed by atoms with Gasteiger partial charge in [0.15, 0.2) is 11.5 Å². The maximum Gasteiger partial charge on any atom is 0.271 e. The van der Waals surface area contributed by atoms with Crippen molar-refractivity contribution in [3.63, 3.8) is 0 Å². The summed E-state index contributed by atoms with van der Waals surface area (Å²) in [6, 6.07) is 21.9. The Hall–Kier alpha value is -4.24. The van der Waals surface area contributed by atoms with Crippen LogP contribution in [0.5, 0.6) is 17.2 Å². The summed E-state index contributed by atoms with van der Waals surface area (Å²) in [4.78, 5) is 12.4. The minimum absolute atomic E-state index is 0.211. The third-order valence-corrected chi connectivity index (χ3v) is 4.24. The van der Waals surface area contributed by atoms with Crippen LogP contribution >= 0.6 is 0 Å². The molecule has 6 nitrogen and oxygen atoms in total. The van der Waals surface area contributed by atoms with Gasteiger partial charge in [0, 0.05) is 5.56 Å². The maximum absolute atomic E-state index is 12.4. The molecule has 0 aromatic heterocycles. The quantitative estimate of drug-likeness (QED) is 0.326. The number of amides is 1. The predicted octanol–water partition coefficient (Wildman–Crippen LogP) is 4.05. The van der Waals surface area contributed by atoms with Crippen molar-refractivity contribution in [2.75, 3.05) is 13.7 Å². The summed E-state index contributed by atoms with van der Waals surface area (Å²) in [5, 5.41) is 3.99. The lowest BCUT2D eigenvalue weighted by Gasteiger charge is -2.12. The average Bonchev–Trinajstić information content (AvgIpc) is 2.82. The minimum Gasteiger partial charge on any atom is -0.493 e. The van der Waals surface area contributed by atoms with Crippen molar-refractivity contribution < 1.29 is 19.0 Å². The molecule has 0 spiro atoms. The normalized spacial score (nSPS) is 10.3. The SMILES string of the molecule is C#CCOc1ccc(/C=N/NC(=O)c2ccc(OCc3ccccc3)c(OC)c2)cc1. The first-order valence-electron chi connectivity index (χ1n) is 9.54. The summed E-state index contributed by atoms with van der Waals surface area (Å²) in [5.74, 6) is 3.73. The first-order chi connectivity index (χ1) is 15.2. The zero-order valence-electron chi connectivity index (χ0n) is 17.1. The molecule has 6 heteroatoms. The highest BCUT2D eigenvalue weighted by molar-refractivity contribution is 5.95. The summed E-state index contributed by atoms with van der Waals surface area (Å²) >= 11 is 0. The van der Waals surface area contributed by atoms with Gasteiger partial charge >= 0.3 is 0 Å². The van der Waals surface area contributed by atoms with Crippen molar-refractivity contribution in [1.82, 2.24) is 5.43 Å². The molecule has 0 heterocycles. The number of hydrazone groups is 1. The third-order valence-electron chi connectivity index (χ3n) is 4.24. The number of ether oxygens (including phenoxy) is 3. The van der Waals surface area contributed by atoms with Crippen LogP contribution in [0.2, 0.25) is 0 Å². The third kappa shape index (κ3) is 6.38. The number of rotatable bonds is 9. The fraction of sp³-hybridized carbons (Fsp3) is 0.120. The van der Waals surface area contributed by atoms with E-state index in [0.717, 1.165) is 11.1 Å². The van der Waals surface area contributed by atoms with Gasteiger partial charge in [-0.25, -0.2) is 5.43 Å². The molecule has 0 bridgehead atoms. The first kappa shape index (κ1) is 21.5. The Balaban J connectivity index is 1.58. The Morgan fingerprint density at radius 2 is 1.81 bits per heavy atom.